The first kappa shape index (κ1) is 23.5. The Hall–Kier alpha value is -4.25. The summed E-state index contributed by atoms with van der Waals surface area (Å²) < 4.78 is 13.7. The van der Waals surface area contributed by atoms with E-state index in [0.29, 0.717) is 38.6 Å². The summed E-state index contributed by atoms with van der Waals surface area (Å²) in [5, 5.41) is 17.4. The molecule has 2 N–H and O–H groups in total. The van der Waals surface area contributed by atoms with E-state index in [2.05, 4.69) is 31.7 Å². The van der Waals surface area contributed by atoms with Crippen molar-refractivity contribution < 1.29 is 4.39 Å². The molecule has 0 saturated heterocycles. The minimum absolute atomic E-state index is 0.0344. The summed E-state index contributed by atoms with van der Waals surface area (Å²) in [5.41, 5.74) is 4.27. The topological polar surface area (TPSA) is 86.5 Å². The second-order valence-corrected chi connectivity index (χ2v) is 8.69. The van der Waals surface area contributed by atoms with Crippen molar-refractivity contribution in [3.63, 3.8) is 0 Å². The maximum absolute atomic E-state index is 13.7. The normalized spacial score (nSPS) is 11.6. The van der Waals surface area contributed by atoms with Gasteiger partial charge in [0.15, 0.2) is 0 Å². The van der Waals surface area contributed by atoms with Gasteiger partial charge in [-0.15, -0.1) is 0 Å². The molecule has 5 rings (SSSR count). The van der Waals surface area contributed by atoms with Crippen molar-refractivity contribution >= 4 is 51.2 Å². The highest BCUT2D eigenvalue weighted by Crippen LogP contribution is 2.37. The molecule has 2 aromatic carbocycles. The first-order chi connectivity index (χ1) is 17.5. The van der Waals surface area contributed by atoms with E-state index in [1.54, 1.807) is 30.7 Å². The van der Waals surface area contributed by atoms with Crippen LogP contribution in [0.3, 0.4) is 0 Å². The van der Waals surface area contributed by atoms with Crippen molar-refractivity contribution in [1.82, 2.24) is 15.0 Å². The molecule has 0 amide bonds. The highest BCUT2D eigenvalue weighted by atomic mass is 35.5. The van der Waals surface area contributed by atoms with Crippen molar-refractivity contribution in [3.05, 3.63) is 118 Å². The Morgan fingerprint density at radius 3 is 2.42 bits per heavy atom. The Balaban J connectivity index is 1.62. The molecule has 0 aliphatic rings. The largest absolute Gasteiger partial charge is 0.373 e. The Morgan fingerprint density at radius 1 is 0.889 bits per heavy atom. The number of hydrogen-bond acceptors (Lipinski definition) is 6. The number of hydrogen-bond donors (Lipinski definition) is 2. The number of benzene rings is 2. The second-order valence-electron chi connectivity index (χ2n) is 7.88. The van der Waals surface area contributed by atoms with E-state index in [9.17, 15) is 9.65 Å². The molecule has 3 aromatic heterocycles. The third-order valence-electron chi connectivity index (χ3n) is 5.57. The smallest absolute Gasteiger partial charge is 0.141 e. The molecule has 0 saturated carbocycles. The number of nitrogens with zero attached hydrogens (tertiary/aromatic N) is 4. The Kier molecular flexibility index (Phi) is 6.63. The van der Waals surface area contributed by atoms with E-state index in [-0.39, 0.29) is 11.1 Å². The van der Waals surface area contributed by atoms with Crippen LogP contribution in [0.4, 0.5) is 21.5 Å². The molecule has 3 heterocycles. The predicted molar refractivity (Wildman–Crippen MR) is 140 cm³/mol. The van der Waals surface area contributed by atoms with Gasteiger partial charge in [0.25, 0.3) is 0 Å². The fraction of sp³-hybridized carbons (Fsp3) is 0.0370. The maximum Gasteiger partial charge on any atom is 0.141 e. The lowest BCUT2D eigenvalue weighted by Crippen LogP contribution is -2.14. The third kappa shape index (κ3) is 4.78. The number of aromatic nitrogens is 3. The quantitative estimate of drug-likeness (QED) is 0.247. The van der Waals surface area contributed by atoms with E-state index in [0.717, 1.165) is 11.3 Å². The van der Waals surface area contributed by atoms with Gasteiger partial charge in [-0.1, -0.05) is 29.3 Å². The van der Waals surface area contributed by atoms with E-state index < -0.39 is 5.82 Å². The molecule has 0 spiro atoms. The minimum atomic E-state index is -0.534. The van der Waals surface area contributed by atoms with Gasteiger partial charge in [0.1, 0.15) is 11.9 Å². The predicted octanol–water partition coefficient (Wildman–Crippen LogP) is 7.29. The first-order valence-electron chi connectivity index (χ1n) is 10.9. The van der Waals surface area contributed by atoms with Crippen LogP contribution in [-0.2, 0) is 0 Å². The van der Waals surface area contributed by atoms with Gasteiger partial charge < -0.3 is 10.6 Å². The summed E-state index contributed by atoms with van der Waals surface area (Å²) >= 11 is 12.6. The van der Waals surface area contributed by atoms with Gasteiger partial charge in [0.05, 0.1) is 38.5 Å². The number of halogens is 3. The Bertz CT molecular complexity index is 1550. The highest BCUT2D eigenvalue weighted by Gasteiger charge is 2.18. The lowest BCUT2D eigenvalue weighted by atomic mass is 10.0. The number of nitriles is 1. The molecule has 5 aromatic rings. The third-order valence-corrected chi connectivity index (χ3v) is 6.15. The maximum atomic E-state index is 13.7. The van der Waals surface area contributed by atoms with Crippen molar-refractivity contribution in [3.8, 4) is 6.07 Å². The fourth-order valence-corrected chi connectivity index (χ4v) is 4.33. The van der Waals surface area contributed by atoms with Gasteiger partial charge in [-0.3, -0.25) is 15.0 Å². The molecule has 9 heteroatoms. The van der Waals surface area contributed by atoms with Crippen LogP contribution >= 0.6 is 23.2 Å². The summed E-state index contributed by atoms with van der Waals surface area (Å²) in [7, 11) is 0. The van der Waals surface area contributed by atoms with Gasteiger partial charge >= 0.3 is 0 Å². The molecule has 1 atom stereocenters. The van der Waals surface area contributed by atoms with Gasteiger partial charge in [0, 0.05) is 41.5 Å². The Morgan fingerprint density at radius 2 is 1.69 bits per heavy atom. The zero-order chi connectivity index (χ0) is 25.1. The van der Waals surface area contributed by atoms with Crippen molar-refractivity contribution in [1.29, 1.82) is 5.26 Å². The van der Waals surface area contributed by atoms with Crippen LogP contribution in [0.1, 0.15) is 22.9 Å². The molecule has 0 aliphatic carbocycles. The van der Waals surface area contributed by atoms with E-state index in [1.165, 1.54) is 18.3 Å². The Labute approximate surface area is 216 Å². The van der Waals surface area contributed by atoms with Gasteiger partial charge in [-0.25, -0.2) is 4.39 Å². The number of fused-ring (bicyclic) bond motifs is 1. The lowest BCUT2D eigenvalue weighted by Gasteiger charge is -2.21. The van der Waals surface area contributed by atoms with E-state index in [4.69, 9.17) is 23.2 Å². The summed E-state index contributed by atoms with van der Waals surface area (Å²) in [6.45, 7) is 0. The van der Waals surface area contributed by atoms with Crippen LogP contribution in [0.5, 0.6) is 0 Å². The molecule has 0 fully saturated rings. The summed E-state index contributed by atoms with van der Waals surface area (Å²) in [4.78, 5) is 13.0. The molecular weight excluding hydrogens is 498 g/mol. The summed E-state index contributed by atoms with van der Waals surface area (Å²) in [6.07, 6.45) is 6.62. The molecule has 0 radical (unpaired) electrons. The van der Waals surface area contributed by atoms with Crippen LogP contribution in [0, 0.1) is 17.1 Å². The van der Waals surface area contributed by atoms with Crippen LogP contribution in [0.25, 0.3) is 10.9 Å². The average molecular weight is 515 g/mol. The van der Waals surface area contributed by atoms with Gasteiger partial charge in [-0.2, -0.15) is 5.26 Å². The van der Waals surface area contributed by atoms with Gasteiger partial charge in [-0.05, 0) is 60.2 Å². The van der Waals surface area contributed by atoms with Crippen LogP contribution in [0.15, 0.2) is 85.5 Å². The number of rotatable bonds is 6. The zero-order valence-electron chi connectivity index (χ0n) is 18.6. The summed E-state index contributed by atoms with van der Waals surface area (Å²) in [6, 6.07) is 19.3. The molecule has 1 unspecified atom stereocenters. The molecule has 0 bridgehead atoms. The number of nitrogens with one attached hydrogen (secondary N) is 2. The van der Waals surface area contributed by atoms with Crippen LogP contribution < -0.4 is 10.6 Å². The van der Waals surface area contributed by atoms with E-state index >= 15 is 0 Å². The minimum Gasteiger partial charge on any atom is -0.373 e. The van der Waals surface area contributed by atoms with Crippen molar-refractivity contribution in [2.24, 2.45) is 0 Å². The fourth-order valence-electron chi connectivity index (χ4n) is 3.88. The molecular formula is C27H17Cl2FN6. The number of pyridine rings is 3. The van der Waals surface area contributed by atoms with Crippen LogP contribution in [0.2, 0.25) is 10.0 Å². The van der Waals surface area contributed by atoms with Crippen LogP contribution in [-0.4, -0.2) is 15.0 Å². The number of anilines is 3. The zero-order valence-corrected chi connectivity index (χ0v) is 20.1. The average Bonchev–Trinajstić information content (AvgIpc) is 2.91. The standard InChI is InChI=1S/C27H17Cl2FN6/c28-21-12-18(4-5-23(21)30)35-25-17(14-31)15-34-27-20(25)11-19(13-22(27)29)36-26(16-6-9-32-10-7-16)24-3-1-2-8-33-24/h1-13,15,26,36H,(H,34,35). The van der Waals surface area contributed by atoms with E-state index in [1.807, 2.05) is 36.4 Å². The molecule has 176 valence electrons. The molecule has 36 heavy (non-hydrogen) atoms. The second kappa shape index (κ2) is 10.2. The highest BCUT2D eigenvalue weighted by molar-refractivity contribution is 6.36. The first-order valence-corrected chi connectivity index (χ1v) is 11.6. The lowest BCUT2D eigenvalue weighted by molar-refractivity contribution is 0.628. The molecule has 0 aliphatic heterocycles. The molecule has 6 nitrogen and oxygen atoms in total. The van der Waals surface area contributed by atoms with Gasteiger partial charge in [0.2, 0.25) is 0 Å². The SMILES string of the molecule is N#Cc1cnc2c(Cl)cc(NC(c3ccncc3)c3ccccn3)cc2c1Nc1ccc(F)c(Cl)c1. The van der Waals surface area contributed by atoms with Crippen molar-refractivity contribution in [2.45, 2.75) is 6.04 Å². The monoisotopic (exact) mass is 514 g/mol. The van der Waals surface area contributed by atoms with Crippen molar-refractivity contribution in [2.75, 3.05) is 10.6 Å². The summed E-state index contributed by atoms with van der Waals surface area (Å²) in [5.74, 6) is -0.534.